The molecular weight excluding hydrogens is 392 g/mol. The molecule has 0 aliphatic heterocycles. The minimum Gasteiger partial charge on any atom is -0.495 e. The van der Waals surface area contributed by atoms with E-state index in [0.717, 1.165) is 5.56 Å². The number of rotatable bonds is 10. The van der Waals surface area contributed by atoms with Gasteiger partial charge in [-0.3, -0.25) is 9.59 Å². The number of halogens is 1. The molecule has 0 aromatic heterocycles. The number of benzene rings is 2. The zero-order valence-electron chi connectivity index (χ0n) is 16.9. The van der Waals surface area contributed by atoms with Gasteiger partial charge in [-0.15, -0.1) is 0 Å². The van der Waals surface area contributed by atoms with E-state index in [4.69, 9.17) is 21.1 Å². The molecule has 0 fully saturated rings. The second-order valence-electron chi connectivity index (χ2n) is 6.79. The largest absolute Gasteiger partial charge is 0.495 e. The molecule has 156 valence electrons. The third kappa shape index (κ3) is 7.66. The Morgan fingerprint density at radius 1 is 1.10 bits per heavy atom. The summed E-state index contributed by atoms with van der Waals surface area (Å²) < 4.78 is 10.5. The highest BCUT2D eigenvalue weighted by Gasteiger charge is 2.20. The Kier molecular flexibility index (Phi) is 8.80. The first-order chi connectivity index (χ1) is 13.9. The van der Waals surface area contributed by atoms with Crippen molar-refractivity contribution < 1.29 is 19.1 Å². The average Bonchev–Trinajstić information content (AvgIpc) is 2.68. The Morgan fingerprint density at radius 2 is 1.83 bits per heavy atom. The van der Waals surface area contributed by atoms with Crippen molar-refractivity contribution >= 4 is 29.2 Å². The van der Waals surface area contributed by atoms with E-state index in [-0.39, 0.29) is 30.8 Å². The zero-order valence-corrected chi connectivity index (χ0v) is 17.7. The summed E-state index contributed by atoms with van der Waals surface area (Å²) in [7, 11) is 1.57. The van der Waals surface area contributed by atoms with Crippen molar-refractivity contribution in [2.75, 3.05) is 19.0 Å². The van der Waals surface area contributed by atoms with E-state index in [0.29, 0.717) is 23.0 Å². The Morgan fingerprint density at radius 3 is 2.48 bits per heavy atom. The molecule has 0 aliphatic carbocycles. The fourth-order valence-electron chi connectivity index (χ4n) is 2.81. The second-order valence-corrected chi connectivity index (χ2v) is 7.23. The smallest absolute Gasteiger partial charge is 0.308 e. The highest BCUT2D eigenvalue weighted by atomic mass is 35.5. The molecule has 7 heteroatoms. The fraction of sp³-hybridized carbons (Fsp3) is 0.364. The van der Waals surface area contributed by atoms with E-state index >= 15 is 0 Å². The van der Waals surface area contributed by atoms with Crippen LogP contribution in [0, 0.1) is 0 Å². The van der Waals surface area contributed by atoms with Crippen molar-refractivity contribution in [1.82, 2.24) is 5.32 Å². The maximum absolute atomic E-state index is 12.5. The number of carbonyl (C=O) groups excluding carboxylic acids is 2. The van der Waals surface area contributed by atoms with Gasteiger partial charge in [-0.1, -0.05) is 41.9 Å². The van der Waals surface area contributed by atoms with Crippen LogP contribution in [0.2, 0.25) is 5.02 Å². The Bertz CT molecular complexity index is 812. The van der Waals surface area contributed by atoms with Crippen molar-refractivity contribution in [2.45, 2.75) is 38.8 Å². The highest BCUT2D eigenvalue weighted by molar-refractivity contribution is 6.30. The van der Waals surface area contributed by atoms with Gasteiger partial charge in [0.1, 0.15) is 5.75 Å². The summed E-state index contributed by atoms with van der Waals surface area (Å²) >= 11 is 6.02. The molecule has 29 heavy (non-hydrogen) atoms. The third-order valence-electron chi connectivity index (χ3n) is 4.10. The van der Waals surface area contributed by atoms with Crippen LogP contribution in [0.4, 0.5) is 5.69 Å². The zero-order chi connectivity index (χ0) is 21.2. The summed E-state index contributed by atoms with van der Waals surface area (Å²) in [5.41, 5.74) is 1.57. The van der Waals surface area contributed by atoms with Gasteiger partial charge in [0.05, 0.1) is 31.4 Å². The molecule has 2 rings (SSSR count). The van der Waals surface area contributed by atoms with E-state index in [2.05, 4.69) is 10.6 Å². The van der Waals surface area contributed by atoms with Crippen LogP contribution in [-0.2, 0) is 14.3 Å². The molecule has 1 amide bonds. The minimum absolute atomic E-state index is 0.0729. The lowest BCUT2D eigenvalue weighted by molar-refractivity contribution is -0.148. The lowest BCUT2D eigenvalue weighted by atomic mass is 10.0. The number of carbonyl (C=O) groups is 2. The van der Waals surface area contributed by atoms with Gasteiger partial charge in [-0.05, 0) is 37.6 Å². The molecule has 0 heterocycles. The first-order valence-corrected chi connectivity index (χ1v) is 9.88. The van der Waals surface area contributed by atoms with E-state index in [1.807, 2.05) is 30.3 Å². The summed E-state index contributed by atoms with van der Waals surface area (Å²) in [6, 6.07) is 14.2. The first-order valence-electron chi connectivity index (χ1n) is 9.50. The predicted octanol–water partition coefficient (Wildman–Crippen LogP) is 4.35. The van der Waals surface area contributed by atoms with Gasteiger partial charge in [0.15, 0.2) is 0 Å². The highest BCUT2D eigenvalue weighted by Crippen LogP contribution is 2.27. The van der Waals surface area contributed by atoms with Gasteiger partial charge < -0.3 is 20.1 Å². The summed E-state index contributed by atoms with van der Waals surface area (Å²) in [5, 5.41) is 6.66. The van der Waals surface area contributed by atoms with E-state index in [9.17, 15) is 9.59 Å². The summed E-state index contributed by atoms with van der Waals surface area (Å²) in [4.78, 5) is 24.6. The van der Waals surface area contributed by atoms with Crippen LogP contribution in [0.3, 0.4) is 0 Å². The van der Waals surface area contributed by atoms with Crippen LogP contribution in [0.25, 0.3) is 0 Å². The van der Waals surface area contributed by atoms with Crippen LogP contribution in [-0.4, -0.2) is 31.6 Å². The normalized spacial score (nSPS) is 11.6. The monoisotopic (exact) mass is 418 g/mol. The van der Waals surface area contributed by atoms with Crippen LogP contribution in [0.1, 0.15) is 38.3 Å². The lowest BCUT2D eigenvalue weighted by Crippen LogP contribution is -2.32. The van der Waals surface area contributed by atoms with Gasteiger partial charge in [0.2, 0.25) is 5.91 Å². The molecule has 0 saturated carbocycles. The second kappa shape index (κ2) is 11.3. The minimum atomic E-state index is -0.448. The topological polar surface area (TPSA) is 76.7 Å². The van der Waals surface area contributed by atoms with Gasteiger partial charge in [-0.2, -0.15) is 0 Å². The molecule has 2 N–H and O–H groups in total. The molecule has 0 aliphatic rings. The maximum atomic E-state index is 12.5. The fourth-order valence-corrected chi connectivity index (χ4v) is 2.98. The van der Waals surface area contributed by atoms with Crippen LogP contribution in [0.5, 0.6) is 5.75 Å². The molecule has 1 atom stereocenters. The molecular formula is C22H27ClN2O4. The summed E-state index contributed by atoms with van der Waals surface area (Å²) in [5.74, 6) is 0.119. The number of hydrogen-bond acceptors (Lipinski definition) is 5. The van der Waals surface area contributed by atoms with Gasteiger partial charge in [-0.25, -0.2) is 0 Å². The molecule has 0 radical (unpaired) electrons. The van der Waals surface area contributed by atoms with Gasteiger partial charge in [0, 0.05) is 18.0 Å². The Hall–Kier alpha value is -2.73. The SMILES string of the molecule is COc1ccc(Cl)cc1NCCC(=O)NC(CC(=O)OC(C)C)c1ccccc1. The summed E-state index contributed by atoms with van der Waals surface area (Å²) in [6.45, 7) is 3.98. The number of esters is 1. The van der Waals surface area contributed by atoms with Crippen LogP contribution < -0.4 is 15.4 Å². The number of methoxy groups -OCH3 is 1. The van der Waals surface area contributed by atoms with Gasteiger partial charge in [0.25, 0.3) is 0 Å². The lowest BCUT2D eigenvalue weighted by Gasteiger charge is -2.20. The molecule has 2 aromatic carbocycles. The molecule has 0 spiro atoms. The number of ether oxygens (including phenoxy) is 2. The van der Waals surface area contributed by atoms with Gasteiger partial charge >= 0.3 is 5.97 Å². The first kappa shape index (κ1) is 22.6. The molecule has 1 unspecified atom stereocenters. The molecule has 6 nitrogen and oxygen atoms in total. The quantitative estimate of drug-likeness (QED) is 0.561. The average molecular weight is 419 g/mol. The van der Waals surface area contributed by atoms with Crippen molar-refractivity contribution in [3.05, 3.63) is 59.1 Å². The molecule has 2 aromatic rings. The van der Waals surface area contributed by atoms with Crippen LogP contribution >= 0.6 is 11.6 Å². The third-order valence-corrected chi connectivity index (χ3v) is 4.34. The maximum Gasteiger partial charge on any atom is 0.308 e. The van der Waals surface area contributed by atoms with Crippen molar-refractivity contribution in [3.8, 4) is 5.75 Å². The summed E-state index contributed by atoms with van der Waals surface area (Å²) in [6.07, 6.45) is 0.0910. The Labute approximate surface area is 176 Å². The number of nitrogens with one attached hydrogen (secondary N) is 2. The number of hydrogen-bond donors (Lipinski definition) is 2. The van der Waals surface area contributed by atoms with E-state index < -0.39 is 6.04 Å². The van der Waals surface area contributed by atoms with Crippen molar-refractivity contribution in [2.24, 2.45) is 0 Å². The molecule has 0 saturated heterocycles. The van der Waals surface area contributed by atoms with E-state index in [1.54, 1.807) is 39.2 Å². The van der Waals surface area contributed by atoms with Crippen molar-refractivity contribution in [1.29, 1.82) is 0 Å². The van der Waals surface area contributed by atoms with E-state index in [1.165, 1.54) is 0 Å². The molecule has 0 bridgehead atoms. The van der Waals surface area contributed by atoms with Crippen molar-refractivity contribution in [3.63, 3.8) is 0 Å². The van der Waals surface area contributed by atoms with Crippen LogP contribution in [0.15, 0.2) is 48.5 Å². The number of amides is 1. The standard InChI is InChI=1S/C22H27ClN2O4/c1-15(2)29-22(27)14-18(16-7-5-4-6-8-16)25-21(26)11-12-24-19-13-17(23)9-10-20(19)28-3/h4-10,13,15,18,24H,11-12,14H2,1-3H3,(H,25,26). The Balaban J connectivity index is 1.95. The number of anilines is 1. The predicted molar refractivity (Wildman–Crippen MR) is 114 cm³/mol.